The molecule has 0 saturated carbocycles. The predicted molar refractivity (Wildman–Crippen MR) is 116 cm³/mol. The summed E-state index contributed by atoms with van der Waals surface area (Å²) in [5.74, 6) is 1.98. The van der Waals surface area contributed by atoms with Crippen molar-refractivity contribution < 1.29 is 9.21 Å². The molecule has 0 spiro atoms. The first-order valence-electron chi connectivity index (χ1n) is 9.96. The van der Waals surface area contributed by atoms with E-state index in [9.17, 15) is 4.79 Å². The molecule has 1 heterocycles. The smallest absolute Gasteiger partial charge is 0.287 e. The highest BCUT2D eigenvalue weighted by Gasteiger charge is 2.20. The monoisotopic (exact) mass is 384 g/mol. The van der Waals surface area contributed by atoms with E-state index in [1.165, 1.54) is 0 Å². The molecule has 0 aliphatic heterocycles. The molecule has 0 radical (unpaired) electrons. The Morgan fingerprint density at radius 1 is 1.36 bits per heavy atom. The molecule has 0 atom stereocenters. The summed E-state index contributed by atoms with van der Waals surface area (Å²) in [6.45, 7) is 9.88. The fraction of sp³-hybridized carbons (Fsp3) is 0.455. The molecular formula is C22H32N4O2. The molecule has 0 unspecified atom stereocenters. The van der Waals surface area contributed by atoms with Gasteiger partial charge in [0.25, 0.3) is 5.91 Å². The summed E-state index contributed by atoms with van der Waals surface area (Å²) >= 11 is 0. The Labute approximate surface area is 168 Å². The Kier molecular flexibility index (Phi) is 8.75. The number of amidine groups is 1. The summed E-state index contributed by atoms with van der Waals surface area (Å²) in [5, 5.41) is 6.08. The van der Waals surface area contributed by atoms with Crippen molar-refractivity contribution in [2.45, 2.75) is 27.2 Å². The number of hydrogen-bond donors (Lipinski definition) is 2. The van der Waals surface area contributed by atoms with Gasteiger partial charge in [0.2, 0.25) is 0 Å². The minimum absolute atomic E-state index is 0.191. The van der Waals surface area contributed by atoms with Gasteiger partial charge < -0.3 is 20.0 Å². The lowest BCUT2D eigenvalue weighted by Crippen LogP contribution is -2.35. The van der Waals surface area contributed by atoms with E-state index < -0.39 is 0 Å². The number of likely N-dealkylation sites (N-methyl/N-ethyl adjacent to an activating group) is 2. The summed E-state index contributed by atoms with van der Waals surface area (Å²) < 4.78 is 5.82. The quantitative estimate of drug-likeness (QED) is 0.507. The zero-order valence-electron chi connectivity index (χ0n) is 17.4. The molecule has 2 rings (SSSR count). The van der Waals surface area contributed by atoms with E-state index in [4.69, 9.17) is 4.42 Å². The van der Waals surface area contributed by atoms with Gasteiger partial charge in [0.15, 0.2) is 5.76 Å². The standard InChI is InChI=1S/C22H32N4O2/c1-5-24-20(26(6-2)16-15-23-4)13-10-14-25-22(27)21-17(3)18-11-8-7-9-12-19(18)28-21/h7-11,13,23H,5-6,12,14-16H2,1-4H3,(H,25,27)/b13-10-,24-20?. The highest BCUT2D eigenvalue weighted by Crippen LogP contribution is 2.25. The number of hydrogen-bond acceptors (Lipinski definition) is 4. The maximum atomic E-state index is 12.5. The number of carbonyl (C=O) groups excluding carboxylic acids is 1. The lowest BCUT2D eigenvalue weighted by Gasteiger charge is -2.22. The van der Waals surface area contributed by atoms with E-state index in [0.717, 1.165) is 48.9 Å². The second kappa shape index (κ2) is 11.3. The number of nitrogens with one attached hydrogen (secondary N) is 2. The maximum absolute atomic E-state index is 12.5. The van der Waals surface area contributed by atoms with Gasteiger partial charge in [-0.05, 0) is 33.9 Å². The summed E-state index contributed by atoms with van der Waals surface area (Å²) in [5.41, 5.74) is 1.89. The van der Waals surface area contributed by atoms with E-state index in [1.807, 2.05) is 57.4 Å². The molecule has 6 nitrogen and oxygen atoms in total. The van der Waals surface area contributed by atoms with Gasteiger partial charge in [-0.25, -0.2) is 0 Å². The number of fused-ring (bicyclic) bond motifs is 1. The van der Waals surface area contributed by atoms with Crippen LogP contribution in [-0.4, -0.2) is 56.4 Å². The Morgan fingerprint density at radius 2 is 2.18 bits per heavy atom. The Hall–Kier alpha value is -2.60. The molecule has 1 aromatic rings. The molecule has 28 heavy (non-hydrogen) atoms. The number of furan rings is 1. The first-order valence-corrected chi connectivity index (χ1v) is 9.96. The Balaban J connectivity index is 1.98. The van der Waals surface area contributed by atoms with Crippen LogP contribution in [0.1, 0.15) is 41.3 Å². The molecule has 0 saturated heterocycles. The van der Waals surface area contributed by atoms with Crippen molar-refractivity contribution in [2.75, 3.05) is 39.8 Å². The summed E-state index contributed by atoms with van der Waals surface area (Å²) in [4.78, 5) is 19.3. The molecule has 6 heteroatoms. The number of amides is 1. The van der Waals surface area contributed by atoms with Crippen molar-refractivity contribution in [2.24, 2.45) is 4.99 Å². The highest BCUT2D eigenvalue weighted by molar-refractivity contribution is 5.95. The van der Waals surface area contributed by atoms with Crippen molar-refractivity contribution in [3.8, 4) is 0 Å². The van der Waals surface area contributed by atoms with Crippen molar-refractivity contribution in [3.63, 3.8) is 0 Å². The molecule has 1 aliphatic carbocycles. The molecular weight excluding hydrogens is 352 g/mol. The van der Waals surface area contributed by atoms with Crippen LogP contribution < -0.4 is 10.6 Å². The van der Waals surface area contributed by atoms with Gasteiger partial charge in [0, 0.05) is 50.3 Å². The number of nitrogens with zero attached hydrogens (tertiary/aromatic N) is 2. The molecule has 0 bridgehead atoms. The van der Waals surface area contributed by atoms with Crippen LogP contribution in [0.3, 0.4) is 0 Å². The fourth-order valence-electron chi connectivity index (χ4n) is 3.08. The second-order valence-electron chi connectivity index (χ2n) is 6.51. The average molecular weight is 385 g/mol. The first kappa shape index (κ1) is 21.7. The highest BCUT2D eigenvalue weighted by atomic mass is 16.4. The molecule has 0 fully saturated rings. The van der Waals surface area contributed by atoms with E-state index in [2.05, 4.69) is 27.4 Å². The minimum Gasteiger partial charge on any atom is -0.455 e. The van der Waals surface area contributed by atoms with Gasteiger partial charge >= 0.3 is 0 Å². The lowest BCUT2D eigenvalue weighted by atomic mass is 10.1. The normalized spacial score (nSPS) is 13.6. The third-order valence-corrected chi connectivity index (χ3v) is 4.59. The third-order valence-electron chi connectivity index (χ3n) is 4.59. The van der Waals surface area contributed by atoms with Crippen LogP contribution in [0.25, 0.3) is 6.08 Å². The van der Waals surface area contributed by atoms with Crippen molar-refractivity contribution in [1.29, 1.82) is 0 Å². The number of carbonyl (C=O) groups is 1. The molecule has 0 aromatic carbocycles. The van der Waals surface area contributed by atoms with E-state index in [1.54, 1.807) is 0 Å². The van der Waals surface area contributed by atoms with E-state index >= 15 is 0 Å². The Bertz CT molecular complexity index is 772. The van der Waals surface area contributed by atoms with Crippen LogP contribution in [0.2, 0.25) is 0 Å². The minimum atomic E-state index is -0.191. The fourth-order valence-corrected chi connectivity index (χ4v) is 3.08. The van der Waals surface area contributed by atoms with Crippen LogP contribution >= 0.6 is 0 Å². The van der Waals surface area contributed by atoms with Crippen LogP contribution in [0.15, 0.2) is 39.8 Å². The zero-order chi connectivity index (χ0) is 20.4. The van der Waals surface area contributed by atoms with Crippen LogP contribution in [-0.2, 0) is 6.42 Å². The van der Waals surface area contributed by atoms with Crippen LogP contribution in [0.5, 0.6) is 0 Å². The largest absolute Gasteiger partial charge is 0.455 e. The average Bonchev–Trinajstić information content (AvgIpc) is 2.86. The number of aliphatic imine (C=N–C) groups is 1. The zero-order valence-corrected chi connectivity index (χ0v) is 17.4. The topological polar surface area (TPSA) is 69.9 Å². The van der Waals surface area contributed by atoms with Crippen LogP contribution in [0.4, 0.5) is 0 Å². The molecule has 2 N–H and O–H groups in total. The first-order chi connectivity index (χ1) is 13.6. The van der Waals surface area contributed by atoms with Gasteiger partial charge in [-0.1, -0.05) is 30.4 Å². The van der Waals surface area contributed by atoms with E-state index in [0.29, 0.717) is 18.7 Å². The van der Waals surface area contributed by atoms with Crippen LogP contribution in [0, 0.1) is 6.92 Å². The molecule has 1 amide bonds. The van der Waals surface area contributed by atoms with Crippen molar-refractivity contribution >= 4 is 17.8 Å². The predicted octanol–water partition coefficient (Wildman–Crippen LogP) is 2.96. The van der Waals surface area contributed by atoms with Crippen molar-refractivity contribution in [1.82, 2.24) is 15.5 Å². The SMILES string of the molecule is CCN=C(/C=C\CNC(=O)c1oc2c(c1C)C=CC=CC2)N(CC)CCNC. The van der Waals surface area contributed by atoms with Gasteiger partial charge in [-0.3, -0.25) is 9.79 Å². The summed E-state index contributed by atoms with van der Waals surface area (Å²) in [6.07, 6.45) is 12.6. The van der Waals surface area contributed by atoms with Gasteiger partial charge in [0.05, 0.1) is 0 Å². The summed E-state index contributed by atoms with van der Waals surface area (Å²) in [6, 6.07) is 0. The van der Waals surface area contributed by atoms with E-state index in [-0.39, 0.29) is 5.91 Å². The molecule has 1 aliphatic rings. The number of allylic oxidation sites excluding steroid dienone is 3. The van der Waals surface area contributed by atoms with Gasteiger partial charge in [-0.15, -0.1) is 0 Å². The third kappa shape index (κ3) is 5.70. The lowest BCUT2D eigenvalue weighted by molar-refractivity contribution is 0.0928. The van der Waals surface area contributed by atoms with Gasteiger partial charge in [0.1, 0.15) is 11.6 Å². The van der Waals surface area contributed by atoms with Gasteiger partial charge in [-0.2, -0.15) is 0 Å². The summed E-state index contributed by atoms with van der Waals surface area (Å²) in [7, 11) is 1.94. The van der Waals surface area contributed by atoms with Crippen molar-refractivity contribution in [3.05, 3.63) is 53.0 Å². The number of rotatable bonds is 9. The molecule has 1 aromatic heterocycles. The molecule has 152 valence electrons. The Morgan fingerprint density at radius 3 is 2.89 bits per heavy atom. The maximum Gasteiger partial charge on any atom is 0.287 e. The second-order valence-corrected chi connectivity index (χ2v) is 6.51.